The second kappa shape index (κ2) is 11.8. The van der Waals surface area contributed by atoms with E-state index in [0.717, 1.165) is 6.42 Å². The van der Waals surface area contributed by atoms with Gasteiger partial charge in [-0.3, -0.25) is 19.3 Å². The van der Waals surface area contributed by atoms with Crippen LogP contribution in [0.3, 0.4) is 0 Å². The van der Waals surface area contributed by atoms with Crippen LogP contribution in [-0.2, 0) is 9.36 Å². The summed E-state index contributed by atoms with van der Waals surface area (Å²) in [5, 5.41) is 16.8. The highest BCUT2D eigenvalue weighted by atomic mass is 31.2. The summed E-state index contributed by atoms with van der Waals surface area (Å²) in [6, 6.07) is -0.860. The predicted molar refractivity (Wildman–Crippen MR) is 54.9 cm³/mol. The molecule has 0 spiro atoms. The van der Waals surface area contributed by atoms with Crippen LogP contribution in [-0.4, -0.2) is 38.7 Å². The lowest BCUT2D eigenvalue weighted by Crippen LogP contribution is -2.34. The van der Waals surface area contributed by atoms with E-state index in [2.05, 4.69) is 0 Å². The minimum Gasteiger partial charge on any atom is -0.480 e. The Morgan fingerprint density at radius 2 is 1.82 bits per heavy atom. The van der Waals surface area contributed by atoms with E-state index in [4.69, 9.17) is 30.4 Å². The summed E-state index contributed by atoms with van der Waals surface area (Å²) in [5.41, 5.74) is 6.92. The highest BCUT2D eigenvalue weighted by Gasteiger charge is 2.14. The number of unbranched alkanes of at least 4 members (excludes halogenated alkanes) is 1. The number of halogens is 2. The van der Waals surface area contributed by atoms with Gasteiger partial charge in [0.1, 0.15) is 6.04 Å². The molecule has 0 saturated heterocycles. The molecule has 0 fully saturated rings. The van der Waals surface area contributed by atoms with Gasteiger partial charge in [0.2, 0.25) is 0 Å². The van der Waals surface area contributed by atoms with Crippen molar-refractivity contribution in [1.82, 2.24) is 5.48 Å². The molecule has 0 aliphatic carbocycles. The van der Waals surface area contributed by atoms with E-state index < -0.39 is 19.9 Å². The molecule has 1 atom stereocenters. The van der Waals surface area contributed by atoms with Gasteiger partial charge in [-0.25, -0.2) is 4.57 Å². The van der Waals surface area contributed by atoms with E-state index in [1.54, 1.807) is 5.48 Å². The topological polar surface area (TPSA) is 153 Å². The third kappa shape index (κ3) is 25.5. The molecule has 17 heavy (non-hydrogen) atoms. The normalized spacial score (nSPS) is 11.8. The van der Waals surface area contributed by atoms with Gasteiger partial charge in [-0.2, -0.15) is 5.48 Å². The number of carboxylic acid groups (broad SMARTS) is 1. The molecule has 0 amide bonds. The molecule has 0 aliphatic heterocycles. The Hall–Kier alpha value is -0.640. The summed E-state index contributed by atoms with van der Waals surface area (Å²) in [5.74, 6) is -1.04. The van der Waals surface area contributed by atoms with Crippen LogP contribution < -0.4 is 11.2 Å². The lowest BCUT2D eigenvalue weighted by molar-refractivity contribution is -0.142. The molecule has 0 heterocycles. The SMILES string of the molecule is F.NCCCC[C@H](NO)C(=O)O.O=P(O)(O)F. The molecule has 7 N–H and O–H groups in total. The van der Waals surface area contributed by atoms with Crippen molar-refractivity contribution in [3.63, 3.8) is 0 Å². The summed E-state index contributed by atoms with van der Waals surface area (Å²) >= 11 is 0. The quantitative estimate of drug-likeness (QED) is 0.221. The van der Waals surface area contributed by atoms with Gasteiger partial charge in [0.15, 0.2) is 0 Å². The lowest BCUT2D eigenvalue weighted by Gasteiger charge is -2.08. The van der Waals surface area contributed by atoms with Gasteiger partial charge in [0.25, 0.3) is 0 Å². The number of hydroxylamine groups is 1. The summed E-state index contributed by atoms with van der Waals surface area (Å²) in [7, 11) is -5.14. The zero-order chi connectivity index (χ0) is 13.2. The molecule has 0 radical (unpaired) electrons. The first-order chi connectivity index (χ1) is 7.22. The second-order valence-corrected chi connectivity index (χ2v) is 3.72. The molecule has 0 aromatic carbocycles. The van der Waals surface area contributed by atoms with Crippen molar-refractivity contribution in [2.24, 2.45) is 5.73 Å². The number of nitrogens with two attached hydrogens (primary N) is 1. The number of nitrogens with one attached hydrogen (secondary N) is 1. The highest BCUT2D eigenvalue weighted by Crippen LogP contribution is 2.34. The smallest absolute Gasteiger partial charge is 0.480 e. The first-order valence-electron chi connectivity index (χ1n) is 4.30. The largest absolute Gasteiger partial charge is 0.507 e. The molecule has 0 unspecified atom stereocenters. The zero-order valence-corrected chi connectivity index (χ0v) is 9.72. The predicted octanol–water partition coefficient (Wildman–Crippen LogP) is -0.251. The molecule has 0 aromatic rings. The summed E-state index contributed by atoms with van der Waals surface area (Å²) in [6.45, 7) is 0.553. The van der Waals surface area contributed by atoms with Crippen molar-refractivity contribution in [1.29, 1.82) is 0 Å². The van der Waals surface area contributed by atoms with Crippen molar-refractivity contribution in [2.75, 3.05) is 6.54 Å². The van der Waals surface area contributed by atoms with Crippen molar-refractivity contribution in [3.05, 3.63) is 0 Å². The van der Waals surface area contributed by atoms with E-state index in [1.807, 2.05) is 0 Å². The minimum absolute atomic E-state index is 0. The third-order valence-corrected chi connectivity index (χ3v) is 1.40. The van der Waals surface area contributed by atoms with Gasteiger partial charge >= 0.3 is 13.9 Å². The van der Waals surface area contributed by atoms with Crippen LogP contribution >= 0.6 is 7.91 Å². The van der Waals surface area contributed by atoms with Gasteiger partial charge in [0.05, 0.1) is 0 Å². The average molecular weight is 282 g/mol. The average Bonchev–Trinajstić information content (AvgIpc) is 2.09. The molecular formula is C6H17F2N2O6P. The van der Waals surface area contributed by atoms with Gasteiger partial charge in [0, 0.05) is 0 Å². The van der Waals surface area contributed by atoms with Crippen LogP contribution in [0.5, 0.6) is 0 Å². The number of carboxylic acids is 1. The van der Waals surface area contributed by atoms with Gasteiger partial charge in [-0.1, -0.05) is 0 Å². The maximum absolute atomic E-state index is 10.4. The first-order valence-corrected chi connectivity index (χ1v) is 5.80. The molecule has 106 valence electrons. The standard InChI is InChI=1S/C6H14N2O3.FH2O3P.FH/c7-4-2-1-3-5(8-11)6(9)10;1-5(2,3)4;/h5,8,11H,1-4,7H2,(H,9,10);(H2,2,3,4);1H/t5-;;/m0../s1. The van der Waals surface area contributed by atoms with Crippen molar-refractivity contribution >= 4 is 13.9 Å². The number of hydrogen-bond donors (Lipinski definition) is 6. The van der Waals surface area contributed by atoms with E-state index >= 15 is 0 Å². The summed E-state index contributed by atoms with van der Waals surface area (Å²) in [6.07, 6.45) is 1.90. The molecular weight excluding hydrogens is 265 g/mol. The number of hydrogen-bond acceptors (Lipinski definition) is 5. The summed E-state index contributed by atoms with van der Waals surface area (Å²) in [4.78, 5) is 24.2. The van der Waals surface area contributed by atoms with E-state index in [9.17, 15) is 8.99 Å². The molecule has 0 bridgehead atoms. The summed E-state index contributed by atoms with van der Waals surface area (Å²) < 4.78 is 19.0. The number of carbonyl (C=O) groups is 1. The third-order valence-electron chi connectivity index (χ3n) is 1.40. The minimum atomic E-state index is -5.14. The van der Waals surface area contributed by atoms with Gasteiger partial charge < -0.3 is 16.0 Å². The van der Waals surface area contributed by atoms with Crippen LogP contribution in [0.15, 0.2) is 0 Å². The maximum Gasteiger partial charge on any atom is 0.507 e. The van der Waals surface area contributed by atoms with Crippen LogP contribution in [0.4, 0.5) is 8.90 Å². The molecule has 0 aromatic heterocycles. The fourth-order valence-electron chi connectivity index (χ4n) is 0.736. The van der Waals surface area contributed by atoms with Gasteiger partial charge in [-0.05, 0) is 25.8 Å². The van der Waals surface area contributed by atoms with E-state index in [0.29, 0.717) is 19.4 Å². The highest BCUT2D eigenvalue weighted by molar-refractivity contribution is 7.45. The molecule has 11 heteroatoms. The van der Waals surface area contributed by atoms with Crippen LogP contribution in [0, 0.1) is 0 Å². The Morgan fingerprint density at radius 1 is 1.41 bits per heavy atom. The maximum atomic E-state index is 10.4. The van der Waals surface area contributed by atoms with Crippen molar-refractivity contribution < 1.29 is 38.4 Å². The van der Waals surface area contributed by atoms with Crippen LogP contribution in [0.25, 0.3) is 0 Å². The van der Waals surface area contributed by atoms with Crippen molar-refractivity contribution in [3.8, 4) is 0 Å². The Balaban J connectivity index is -0.000000280. The van der Waals surface area contributed by atoms with E-state index in [1.165, 1.54) is 0 Å². The number of rotatable bonds is 6. The second-order valence-electron chi connectivity index (χ2n) is 2.78. The first kappa shape index (κ1) is 21.6. The Labute approximate surface area is 96.2 Å². The molecule has 0 aliphatic rings. The molecule has 8 nitrogen and oxygen atoms in total. The molecule has 0 saturated carbocycles. The Bertz CT molecular complexity index is 230. The number of aliphatic carboxylic acids is 1. The zero-order valence-electron chi connectivity index (χ0n) is 8.82. The van der Waals surface area contributed by atoms with Crippen LogP contribution in [0.2, 0.25) is 0 Å². The van der Waals surface area contributed by atoms with E-state index in [-0.39, 0.29) is 4.70 Å². The Kier molecular flexibility index (Phi) is 15.1. The fraction of sp³-hybridized carbons (Fsp3) is 0.833. The van der Waals surface area contributed by atoms with Gasteiger partial charge in [-0.15, -0.1) is 4.20 Å². The lowest BCUT2D eigenvalue weighted by atomic mass is 10.1. The van der Waals surface area contributed by atoms with Crippen molar-refractivity contribution in [2.45, 2.75) is 25.3 Å². The Morgan fingerprint density at radius 3 is 2.06 bits per heavy atom. The monoisotopic (exact) mass is 282 g/mol. The fourth-order valence-corrected chi connectivity index (χ4v) is 0.736. The molecule has 0 rings (SSSR count). The van der Waals surface area contributed by atoms with Crippen LogP contribution in [0.1, 0.15) is 19.3 Å².